The van der Waals surface area contributed by atoms with Gasteiger partial charge < -0.3 is 36.8 Å². The topological polar surface area (TPSA) is 203 Å². The van der Waals surface area contributed by atoms with E-state index in [1.165, 1.54) is 19.0 Å². The van der Waals surface area contributed by atoms with Crippen LogP contribution in [0, 0.1) is 17.7 Å². The summed E-state index contributed by atoms with van der Waals surface area (Å²) in [5.41, 5.74) is 0.196. The number of aromatic hydroxyl groups is 1. The molecule has 0 spiro atoms. The van der Waals surface area contributed by atoms with Gasteiger partial charge >= 0.3 is 0 Å². The standard InChI is InChI=1S/C26H29FN4O8/c1-31(2)18-11-7-9-6-10-12(27)8-14(30-25(38)13-4-3-5-29-13)19(32)16(10)20(33)15(9)22(35)26(11,39)23(36)17(21(18)34)24(28)37/h8-9,11,13,18,29,32,34-35,39H,3-7H2,1-2H3,(H2,28,37)(H,30,38)/t9-,11-,13?,18-,26-/m0/s1. The molecule has 3 aliphatic carbocycles. The summed E-state index contributed by atoms with van der Waals surface area (Å²) >= 11 is 0. The van der Waals surface area contributed by atoms with Crippen LogP contribution < -0.4 is 16.4 Å². The molecule has 13 heteroatoms. The van der Waals surface area contributed by atoms with Crippen molar-refractivity contribution < 1.29 is 44.0 Å². The van der Waals surface area contributed by atoms with E-state index in [9.17, 15) is 39.6 Å². The fourth-order valence-electron chi connectivity index (χ4n) is 6.50. The number of ketones is 2. The quantitative estimate of drug-likeness (QED) is 0.199. The molecule has 208 valence electrons. The Balaban J connectivity index is 1.62. The molecule has 2 amide bonds. The minimum Gasteiger partial charge on any atom is -0.510 e. The number of carbonyl (C=O) groups excluding carboxylic acids is 4. The van der Waals surface area contributed by atoms with Gasteiger partial charge in [-0.05, 0) is 52.2 Å². The number of phenolic OH excluding ortho intramolecular Hbond substituents is 1. The Morgan fingerprint density at radius 2 is 1.92 bits per heavy atom. The second-order valence-corrected chi connectivity index (χ2v) is 10.7. The lowest BCUT2D eigenvalue weighted by molar-refractivity contribution is -0.148. The Morgan fingerprint density at radius 1 is 1.23 bits per heavy atom. The maximum absolute atomic E-state index is 15.3. The molecule has 1 heterocycles. The summed E-state index contributed by atoms with van der Waals surface area (Å²) in [6, 6.07) is -0.774. The number of aliphatic hydroxyl groups excluding tert-OH is 2. The molecular weight excluding hydrogens is 515 g/mol. The number of rotatable bonds is 4. The van der Waals surface area contributed by atoms with Crippen molar-refractivity contribution in [3.05, 3.63) is 45.7 Å². The van der Waals surface area contributed by atoms with Crippen LogP contribution in [0.2, 0.25) is 0 Å². The molecular formula is C26H29FN4O8. The number of aliphatic hydroxyl groups is 3. The smallest absolute Gasteiger partial charge is 0.255 e. The van der Waals surface area contributed by atoms with E-state index >= 15 is 4.39 Å². The number of nitrogens with two attached hydrogens (primary N) is 1. The number of amides is 2. The van der Waals surface area contributed by atoms with Gasteiger partial charge in [-0.1, -0.05) is 0 Å². The average molecular weight is 545 g/mol. The number of phenols is 1. The molecule has 0 aromatic heterocycles. The second kappa shape index (κ2) is 9.14. The molecule has 1 saturated heterocycles. The van der Waals surface area contributed by atoms with Crippen molar-refractivity contribution in [2.75, 3.05) is 26.0 Å². The lowest BCUT2D eigenvalue weighted by Gasteiger charge is -2.50. The van der Waals surface area contributed by atoms with Crippen molar-refractivity contribution in [2.24, 2.45) is 17.6 Å². The number of halogens is 1. The minimum absolute atomic E-state index is 0.150. The molecule has 5 atom stereocenters. The van der Waals surface area contributed by atoms with Crippen LogP contribution in [0.3, 0.4) is 0 Å². The van der Waals surface area contributed by atoms with Crippen molar-refractivity contribution in [3.8, 4) is 5.75 Å². The second-order valence-electron chi connectivity index (χ2n) is 10.7. The van der Waals surface area contributed by atoms with Crippen LogP contribution in [0.4, 0.5) is 10.1 Å². The van der Waals surface area contributed by atoms with Gasteiger partial charge in [-0.2, -0.15) is 0 Å². The number of nitrogens with one attached hydrogen (secondary N) is 2. The third-order valence-electron chi connectivity index (χ3n) is 8.30. The van der Waals surface area contributed by atoms with E-state index in [0.29, 0.717) is 13.0 Å². The van der Waals surface area contributed by atoms with E-state index in [-0.39, 0.29) is 24.1 Å². The number of allylic oxidation sites excluding steroid dienone is 1. The maximum Gasteiger partial charge on any atom is 0.255 e. The Morgan fingerprint density at radius 3 is 2.51 bits per heavy atom. The number of hydrogen-bond donors (Lipinski definition) is 7. The predicted octanol–water partition coefficient (Wildman–Crippen LogP) is -0.0498. The number of anilines is 1. The van der Waals surface area contributed by atoms with Gasteiger partial charge in [0.2, 0.25) is 11.7 Å². The van der Waals surface area contributed by atoms with Crippen molar-refractivity contribution >= 4 is 29.1 Å². The highest BCUT2D eigenvalue weighted by Crippen LogP contribution is 2.53. The molecule has 1 unspecified atom stereocenters. The molecule has 1 fully saturated rings. The van der Waals surface area contributed by atoms with Crippen molar-refractivity contribution in [2.45, 2.75) is 43.4 Å². The number of carbonyl (C=O) groups is 4. The zero-order valence-corrected chi connectivity index (χ0v) is 21.2. The third kappa shape index (κ3) is 3.75. The summed E-state index contributed by atoms with van der Waals surface area (Å²) in [4.78, 5) is 53.0. The van der Waals surface area contributed by atoms with Crippen LogP contribution in [0.25, 0.3) is 0 Å². The lowest BCUT2D eigenvalue weighted by Crippen LogP contribution is -2.63. The first kappa shape index (κ1) is 26.8. The molecule has 39 heavy (non-hydrogen) atoms. The van der Waals surface area contributed by atoms with Crippen LogP contribution in [0.1, 0.15) is 35.2 Å². The zero-order chi connectivity index (χ0) is 28.5. The minimum atomic E-state index is -2.79. The predicted molar refractivity (Wildman–Crippen MR) is 133 cm³/mol. The monoisotopic (exact) mass is 544 g/mol. The first-order chi connectivity index (χ1) is 18.3. The Bertz CT molecular complexity index is 1400. The zero-order valence-electron chi connectivity index (χ0n) is 21.2. The Kier molecular flexibility index (Phi) is 6.28. The molecule has 0 radical (unpaired) electrons. The highest BCUT2D eigenvalue weighted by molar-refractivity contribution is 6.25. The number of likely N-dealkylation sites (N-methyl/N-ethyl adjacent to an activating group) is 1. The van der Waals surface area contributed by atoms with Gasteiger partial charge in [-0.15, -0.1) is 0 Å². The highest BCUT2D eigenvalue weighted by Gasteiger charge is 2.63. The first-order valence-electron chi connectivity index (χ1n) is 12.5. The SMILES string of the molecule is CN(C)[C@@H]1C(O)=C(C(N)=O)C(=O)[C@@]2(O)C(O)=C3C(=O)c4c(O)c(NC(=O)C5CCCN5)cc(F)c4C[C@H]3C[C@@H]12. The van der Waals surface area contributed by atoms with Gasteiger partial charge in [-0.25, -0.2) is 4.39 Å². The Hall–Kier alpha value is -3.81. The van der Waals surface area contributed by atoms with Crippen LogP contribution in [0.5, 0.6) is 5.75 Å². The van der Waals surface area contributed by atoms with Gasteiger partial charge in [0.15, 0.2) is 17.1 Å². The largest absolute Gasteiger partial charge is 0.510 e. The van der Waals surface area contributed by atoms with Gasteiger partial charge in [0, 0.05) is 23.1 Å². The van der Waals surface area contributed by atoms with Crippen LogP contribution in [-0.2, 0) is 20.8 Å². The number of benzene rings is 1. The van der Waals surface area contributed by atoms with E-state index in [1.54, 1.807) is 0 Å². The van der Waals surface area contributed by atoms with Gasteiger partial charge in [0.25, 0.3) is 5.91 Å². The Labute approximate surface area is 222 Å². The highest BCUT2D eigenvalue weighted by atomic mass is 19.1. The summed E-state index contributed by atoms with van der Waals surface area (Å²) < 4.78 is 15.3. The van der Waals surface area contributed by atoms with E-state index in [1.807, 2.05) is 0 Å². The molecule has 1 aromatic rings. The molecule has 12 nitrogen and oxygen atoms in total. The maximum atomic E-state index is 15.3. The van der Waals surface area contributed by atoms with Gasteiger partial charge in [-0.3, -0.25) is 24.1 Å². The third-order valence-corrected chi connectivity index (χ3v) is 8.30. The van der Waals surface area contributed by atoms with Gasteiger partial charge in [0.1, 0.15) is 22.9 Å². The number of hydrogen-bond acceptors (Lipinski definition) is 10. The number of Topliss-reactive ketones (excluding diaryl/α,β-unsaturated/α-hetero) is 2. The normalized spacial score (nSPS) is 30.3. The fourth-order valence-corrected chi connectivity index (χ4v) is 6.50. The van der Waals surface area contributed by atoms with E-state index < -0.39 is 92.7 Å². The van der Waals surface area contributed by atoms with Crippen LogP contribution >= 0.6 is 0 Å². The number of primary amides is 1. The van der Waals surface area contributed by atoms with Crippen molar-refractivity contribution in [1.82, 2.24) is 10.2 Å². The van der Waals surface area contributed by atoms with Crippen molar-refractivity contribution in [3.63, 3.8) is 0 Å². The van der Waals surface area contributed by atoms with Crippen molar-refractivity contribution in [1.29, 1.82) is 0 Å². The average Bonchev–Trinajstić information content (AvgIpc) is 3.39. The lowest BCUT2D eigenvalue weighted by atomic mass is 9.58. The summed E-state index contributed by atoms with van der Waals surface area (Å²) in [7, 11) is 3.03. The summed E-state index contributed by atoms with van der Waals surface area (Å²) in [6.07, 6.45) is 0.961. The summed E-state index contributed by atoms with van der Waals surface area (Å²) in [6.45, 7) is 0.623. The molecule has 8 N–H and O–H groups in total. The number of fused-ring (bicyclic) bond motifs is 3. The van der Waals surface area contributed by atoms with E-state index in [4.69, 9.17) is 5.73 Å². The molecule has 0 bridgehead atoms. The molecule has 1 aromatic carbocycles. The summed E-state index contributed by atoms with van der Waals surface area (Å²) in [5, 5.41) is 50.0. The van der Waals surface area contributed by atoms with E-state index in [0.717, 1.165) is 12.5 Å². The molecule has 1 aliphatic heterocycles. The van der Waals surface area contributed by atoms with Crippen LogP contribution in [-0.4, -0.2) is 87.0 Å². The fraction of sp³-hybridized carbons (Fsp3) is 0.462. The first-order valence-corrected chi connectivity index (χ1v) is 12.5. The number of nitrogens with zero attached hydrogens (tertiary/aromatic N) is 1. The van der Waals surface area contributed by atoms with E-state index in [2.05, 4.69) is 10.6 Å². The molecule has 4 aliphatic rings. The van der Waals surface area contributed by atoms with Crippen LogP contribution in [0.15, 0.2) is 28.7 Å². The molecule has 0 saturated carbocycles. The molecule has 5 rings (SSSR count). The summed E-state index contributed by atoms with van der Waals surface area (Å²) in [5.74, 6) is -9.67. The van der Waals surface area contributed by atoms with Gasteiger partial charge in [0.05, 0.1) is 23.3 Å².